The van der Waals surface area contributed by atoms with E-state index in [1.165, 1.54) is 30.2 Å². The van der Waals surface area contributed by atoms with Crippen molar-refractivity contribution in [1.29, 1.82) is 0 Å². The molecule has 2 heteroatoms. The van der Waals surface area contributed by atoms with Crippen LogP contribution in [0.25, 0.3) is 0 Å². The van der Waals surface area contributed by atoms with E-state index in [-0.39, 0.29) is 8.41 Å². The molecule has 0 fully saturated rings. The molecule has 0 bridgehead atoms. The summed E-state index contributed by atoms with van der Waals surface area (Å²) in [6.07, 6.45) is 5.16. The second kappa shape index (κ2) is 9.01. The summed E-state index contributed by atoms with van der Waals surface area (Å²) >= 11 is 0. The Morgan fingerprint density at radius 1 is 0.556 bits per heavy atom. The first-order chi connectivity index (χ1) is 7.93. The molecular weight excluding hydrogens is 217 g/mol. The molecule has 0 aliphatic carbocycles. The van der Waals surface area contributed by atoms with Crippen LogP contribution in [0.2, 0.25) is 0 Å². The lowest BCUT2D eigenvalue weighted by atomic mass is 9.93. The Balaban J connectivity index is 0. The van der Waals surface area contributed by atoms with Gasteiger partial charge in [0, 0.05) is 0 Å². The number of quaternary nitrogens is 1. The largest absolute Gasteiger partial charge is 0.315 e. The van der Waals surface area contributed by atoms with Gasteiger partial charge >= 0.3 is 0 Å². The molecule has 0 aliphatic rings. The lowest BCUT2D eigenvalue weighted by Gasteiger charge is -2.55. The van der Waals surface area contributed by atoms with Crippen LogP contribution in [0.15, 0.2) is 0 Å². The average Bonchev–Trinajstić information content (AvgIpc) is 2.37. The summed E-state index contributed by atoms with van der Waals surface area (Å²) in [6.45, 7) is 19.3. The molecule has 0 rings (SSSR count). The van der Waals surface area contributed by atoms with E-state index in [1.54, 1.807) is 0 Å². The Morgan fingerprint density at radius 3 is 0.833 bits per heavy atom. The molecule has 0 aliphatic heterocycles. The first kappa shape index (κ1) is 20.3. The lowest BCUT2D eigenvalue weighted by molar-refractivity contribution is -1.01. The van der Waals surface area contributed by atoms with Crippen molar-refractivity contribution >= 4 is 8.41 Å². The van der Waals surface area contributed by atoms with Crippen molar-refractivity contribution in [3.8, 4) is 0 Å². The molecule has 112 valence electrons. The molecule has 1 nitrogen and oxygen atoms in total. The molecule has 0 N–H and O–H groups in total. The van der Waals surface area contributed by atoms with Gasteiger partial charge < -0.3 is 4.48 Å². The predicted octanol–water partition coefficient (Wildman–Crippen LogP) is 3.55. The highest BCUT2D eigenvalue weighted by Crippen LogP contribution is 2.34. The van der Waals surface area contributed by atoms with E-state index in [9.17, 15) is 0 Å². The summed E-state index contributed by atoms with van der Waals surface area (Å²) in [7, 11) is 0. The first-order valence-corrected chi connectivity index (χ1v) is 7.80. The topological polar surface area (TPSA) is 0 Å². The molecule has 0 aromatic rings. The van der Waals surface area contributed by atoms with E-state index >= 15 is 0 Å². The Bertz CT molecular complexity index is 160. The standard InChI is InChI=1S/C16H36N.BH4/c1-9-13(5)17(14(6)10-2,15(7)11-3)16(8)12-4;/h13-16H,9-12H2,1-8H3;1H4/q+1;-1. The van der Waals surface area contributed by atoms with Gasteiger partial charge in [-0.15, -0.1) is 0 Å². The van der Waals surface area contributed by atoms with E-state index in [4.69, 9.17) is 0 Å². The molecular formula is C16H40BN. The van der Waals surface area contributed by atoms with Crippen LogP contribution in [0.5, 0.6) is 0 Å². The van der Waals surface area contributed by atoms with Crippen LogP contribution in [-0.4, -0.2) is 37.1 Å². The zero-order valence-electron chi connectivity index (χ0n) is 13.6. The minimum Gasteiger partial charge on any atom is -0.315 e. The van der Waals surface area contributed by atoms with Gasteiger partial charge in [0.1, 0.15) is 0 Å². The third-order valence-corrected chi connectivity index (χ3v) is 5.42. The number of hydrogen-bond donors (Lipinski definition) is 0. The van der Waals surface area contributed by atoms with Crippen molar-refractivity contribution in [3.05, 3.63) is 0 Å². The molecule has 4 unspecified atom stereocenters. The number of nitrogens with zero attached hydrogens (tertiary/aromatic N) is 1. The third-order valence-electron chi connectivity index (χ3n) is 5.42. The van der Waals surface area contributed by atoms with E-state index in [1.807, 2.05) is 0 Å². The Labute approximate surface area is 119 Å². The maximum Gasteiger partial charge on any atom is 0.0865 e. The Hall–Kier alpha value is 0.0249. The van der Waals surface area contributed by atoms with E-state index < -0.39 is 0 Å². The van der Waals surface area contributed by atoms with Gasteiger partial charge in [-0.25, -0.2) is 0 Å². The lowest BCUT2D eigenvalue weighted by Crippen LogP contribution is -2.68. The molecule has 0 aromatic heterocycles. The quantitative estimate of drug-likeness (QED) is 0.461. The van der Waals surface area contributed by atoms with Gasteiger partial charge in [0.05, 0.1) is 24.2 Å². The van der Waals surface area contributed by atoms with Gasteiger partial charge in [-0.3, -0.25) is 0 Å². The van der Waals surface area contributed by atoms with Crippen molar-refractivity contribution < 1.29 is 4.48 Å². The van der Waals surface area contributed by atoms with Gasteiger partial charge in [-0.1, -0.05) is 36.1 Å². The van der Waals surface area contributed by atoms with Crippen molar-refractivity contribution in [2.75, 3.05) is 0 Å². The van der Waals surface area contributed by atoms with Crippen LogP contribution in [0.4, 0.5) is 0 Å². The fourth-order valence-electron chi connectivity index (χ4n) is 3.87. The predicted molar refractivity (Wildman–Crippen MR) is 90.6 cm³/mol. The van der Waals surface area contributed by atoms with Crippen molar-refractivity contribution in [1.82, 2.24) is 0 Å². The average molecular weight is 257 g/mol. The fraction of sp³-hybridized carbons (Fsp3) is 1.00. The molecule has 0 saturated carbocycles. The van der Waals surface area contributed by atoms with Crippen molar-refractivity contribution in [2.24, 2.45) is 0 Å². The van der Waals surface area contributed by atoms with Crippen molar-refractivity contribution in [2.45, 2.75) is 105 Å². The maximum absolute atomic E-state index is 2.46. The number of rotatable bonds is 8. The minimum atomic E-state index is 0. The maximum atomic E-state index is 2.46. The minimum absolute atomic E-state index is 0. The zero-order chi connectivity index (χ0) is 13.6. The summed E-state index contributed by atoms with van der Waals surface area (Å²) < 4.78 is 1.32. The smallest absolute Gasteiger partial charge is 0.0865 e. The Morgan fingerprint density at radius 2 is 0.722 bits per heavy atom. The molecule has 18 heavy (non-hydrogen) atoms. The SMILES string of the molecule is CCC(C)[N+](C(C)CC)(C(C)CC)C(C)CC.[BH4-]. The zero-order valence-corrected chi connectivity index (χ0v) is 13.6. The fourth-order valence-corrected chi connectivity index (χ4v) is 3.87. The van der Waals surface area contributed by atoms with Gasteiger partial charge in [-0.05, 0) is 53.4 Å². The monoisotopic (exact) mass is 257 g/mol. The summed E-state index contributed by atoms with van der Waals surface area (Å²) in [5.41, 5.74) is 0. The van der Waals surface area contributed by atoms with E-state index in [2.05, 4.69) is 55.4 Å². The first-order valence-electron chi connectivity index (χ1n) is 7.80. The van der Waals surface area contributed by atoms with Crippen LogP contribution in [0.3, 0.4) is 0 Å². The summed E-state index contributed by atoms with van der Waals surface area (Å²) in [5.74, 6) is 0. The van der Waals surface area contributed by atoms with Crippen LogP contribution in [0.1, 0.15) is 81.1 Å². The number of hydrogen-bond acceptors (Lipinski definition) is 0. The highest BCUT2D eigenvalue weighted by Gasteiger charge is 2.45. The molecule has 0 amide bonds. The van der Waals surface area contributed by atoms with Crippen molar-refractivity contribution in [3.63, 3.8) is 0 Å². The van der Waals surface area contributed by atoms with Gasteiger partial charge in [0.15, 0.2) is 0 Å². The Kier molecular flexibility index (Phi) is 10.2. The molecule has 4 atom stereocenters. The van der Waals surface area contributed by atoms with Gasteiger partial charge in [0.2, 0.25) is 0 Å². The molecule has 0 aromatic carbocycles. The normalized spacial score (nSPS) is 21.3. The van der Waals surface area contributed by atoms with Gasteiger partial charge in [-0.2, -0.15) is 0 Å². The van der Waals surface area contributed by atoms with Crippen LogP contribution < -0.4 is 0 Å². The highest BCUT2D eigenvalue weighted by atomic mass is 15.4. The summed E-state index contributed by atoms with van der Waals surface area (Å²) in [4.78, 5) is 0. The van der Waals surface area contributed by atoms with Crippen LogP contribution in [0, 0.1) is 0 Å². The van der Waals surface area contributed by atoms with E-state index in [0.29, 0.717) is 0 Å². The van der Waals surface area contributed by atoms with E-state index in [0.717, 1.165) is 24.2 Å². The second-order valence-corrected chi connectivity index (χ2v) is 5.92. The summed E-state index contributed by atoms with van der Waals surface area (Å²) in [5, 5.41) is 0. The molecule has 0 spiro atoms. The summed E-state index contributed by atoms with van der Waals surface area (Å²) in [6, 6.07) is 3.09. The molecule has 0 heterocycles. The molecule has 0 radical (unpaired) electrons. The van der Waals surface area contributed by atoms with Crippen LogP contribution in [-0.2, 0) is 0 Å². The third kappa shape index (κ3) is 3.53. The van der Waals surface area contributed by atoms with Crippen LogP contribution >= 0.6 is 0 Å². The molecule has 0 saturated heterocycles. The highest BCUT2D eigenvalue weighted by molar-refractivity contribution is 5.75. The second-order valence-electron chi connectivity index (χ2n) is 5.92. The van der Waals surface area contributed by atoms with Gasteiger partial charge in [0.25, 0.3) is 0 Å².